The zero-order chi connectivity index (χ0) is 18.1. The molecule has 1 amide bonds. The second-order valence-electron chi connectivity index (χ2n) is 7.48. The van der Waals surface area contributed by atoms with E-state index < -0.39 is 0 Å². The van der Waals surface area contributed by atoms with Gasteiger partial charge < -0.3 is 10.1 Å². The number of hydrogen-bond acceptors (Lipinski definition) is 4. The van der Waals surface area contributed by atoms with E-state index in [1.807, 2.05) is 54.9 Å². The van der Waals surface area contributed by atoms with Crippen LogP contribution in [0.2, 0.25) is 0 Å². The minimum absolute atomic E-state index is 0.00859. The smallest absolute Gasteiger partial charge is 0.239 e. The van der Waals surface area contributed by atoms with Gasteiger partial charge in [-0.25, -0.2) is 4.68 Å². The molecule has 1 N–H and O–H groups in total. The number of hydrogen-bond donors (Lipinski definition) is 1. The quantitative estimate of drug-likeness (QED) is 0.897. The maximum absolute atomic E-state index is 12.6. The third kappa shape index (κ3) is 3.97. The van der Waals surface area contributed by atoms with E-state index >= 15 is 0 Å². The molecular weight excluding hydrogens is 328 g/mol. The van der Waals surface area contributed by atoms with Gasteiger partial charge in [-0.2, -0.15) is 5.10 Å². The first-order valence-corrected chi connectivity index (χ1v) is 9.41. The lowest BCUT2D eigenvalue weighted by Gasteiger charge is -2.34. The lowest BCUT2D eigenvalue weighted by Crippen LogP contribution is -2.48. The Bertz CT molecular complexity index is 759. The first-order chi connectivity index (χ1) is 12.6. The summed E-state index contributed by atoms with van der Waals surface area (Å²) >= 11 is 0. The monoisotopic (exact) mass is 354 g/mol. The third-order valence-electron chi connectivity index (χ3n) is 4.85. The van der Waals surface area contributed by atoms with E-state index in [0.717, 1.165) is 30.3 Å². The van der Waals surface area contributed by atoms with Crippen LogP contribution in [0.3, 0.4) is 0 Å². The predicted octanol–water partition coefficient (Wildman–Crippen LogP) is 2.80. The highest BCUT2D eigenvalue weighted by atomic mass is 16.5. The van der Waals surface area contributed by atoms with E-state index in [0.29, 0.717) is 12.5 Å². The van der Waals surface area contributed by atoms with Crippen LogP contribution in [-0.2, 0) is 9.53 Å². The second-order valence-corrected chi connectivity index (χ2v) is 7.48. The average Bonchev–Trinajstić information content (AvgIpc) is 3.36. The molecule has 2 heterocycles. The van der Waals surface area contributed by atoms with Crippen LogP contribution in [0.5, 0.6) is 0 Å². The van der Waals surface area contributed by atoms with E-state index in [1.54, 1.807) is 0 Å². The molecule has 2 aromatic rings. The van der Waals surface area contributed by atoms with Crippen molar-refractivity contribution in [3.05, 3.63) is 42.1 Å². The number of nitrogens with one attached hydrogen (secondary N) is 1. The van der Waals surface area contributed by atoms with E-state index in [1.165, 1.54) is 12.8 Å². The number of morpholine rings is 1. The van der Waals surface area contributed by atoms with Gasteiger partial charge in [0.05, 0.1) is 30.1 Å². The Morgan fingerprint density at radius 3 is 2.54 bits per heavy atom. The largest absolute Gasteiger partial charge is 0.373 e. The van der Waals surface area contributed by atoms with Gasteiger partial charge in [0.25, 0.3) is 0 Å². The summed E-state index contributed by atoms with van der Waals surface area (Å²) < 4.78 is 7.59. The zero-order valence-electron chi connectivity index (χ0n) is 15.4. The van der Waals surface area contributed by atoms with Crippen LogP contribution in [0.25, 0.3) is 5.69 Å². The molecule has 1 aliphatic heterocycles. The number of carbonyl (C=O) groups excluding carboxylic acids is 1. The van der Waals surface area contributed by atoms with Gasteiger partial charge in [0.2, 0.25) is 5.91 Å². The van der Waals surface area contributed by atoms with Crippen LogP contribution in [-0.4, -0.2) is 52.4 Å². The Morgan fingerprint density at radius 1 is 1.19 bits per heavy atom. The number of aromatic nitrogens is 2. The number of nitrogens with zero attached hydrogens (tertiary/aromatic N) is 3. The molecule has 1 aromatic heterocycles. The zero-order valence-corrected chi connectivity index (χ0v) is 15.4. The Hall–Kier alpha value is -2.18. The second kappa shape index (κ2) is 7.21. The fraction of sp³-hybridized carbons (Fsp3) is 0.500. The fourth-order valence-electron chi connectivity index (χ4n) is 3.63. The number of anilines is 1. The molecule has 0 spiro atoms. The minimum Gasteiger partial charge on any atom is -0.373 e. The Balaban J connectivity index is 1.49. The van der Waals surface area contributed by atoms with Gasteiger partial charge in [0.1, 0.15) is 5.82 Å². The van der Waals surface area contributed by atoms with Crippen LogP contribution in [0, 0.1) is 0 Å². The number of para-hydroxylation sites is 1. The molecule has 1 saturated heterocycles. The summed E-state index contributed by atoms with van der Waals surface area (Å²) in [6, 6.07) is 12.0. The summed E-state index contributed by atoms with van der Waals surface area (Å²) in [5.74, 6) is 1.28. The van der Waals surface area contributed by atoms with Crippen LogP contribution >= 0.6 is 0 Å². The van der Waals surface area contributed by atoms with E-state index in [2.05, 4.69) is 10.2 Å². The first kappa shape index (κ1) is 17.2. The Kier molecular flexibility index (Phi) is 4.78. The molecule has 0 unspecified atom stereocenters. The van der Waals surface area contributed by atoms with Crippen molar-refractivity contribution in [2.45, 2.75) is 44.8 Å². The molecule has 0 bridgehead atoms. The molecule has 0 radical (unpaired) electrons. The van der Waals surface area contributed by atoms with Crippen molar-refractivity contribution >= 4 is 11.7 Å². The van der Waals surface area contributed by atoms with E-state index in [9.17, 15) is 4.79 Å². The Labute approximate surface area is 154 Å². The van der Waals surface area contributed by atoms with Gasteiger partial charge >= 0.3 is 0 Å². The molecular formula is C20H26N4O2. The molecule has 4 rings (SSSR count). The van der Waals surface area contributed by atoms with E-state index in [-0.39, 0.29) is 18.1 Å². The molecule has 6 nitrogen and oxygen atoms in total. The number of rotatable bonds is 5. The van der Waals surface area contributed by atoms with Crippen molar-refractivity contribution in [2.24, 2.45) is 0 Å². The van der Waals surface area contributed by atoms with Gasteiger partial charge in [0.15, 0.2) is 0 Å². The van der Waals surface area contributed by atoms with Crippen molar-refractivity contribution in [3.63, 3.8) is 0 Å². The van der Waals surface area contributed by atoms with Gasteiger partial charge in [-0.3, -0.25) is 9.69 Å². The maximum atomic E-state index is 12.6. The summed E-state index contributed by atoms with van der Waals surface area (Å²) in [4.78, 5) is 14.8. The lowest BCUT2D eigenvalue weighted by atomic mass is 10.2. The fourth-order valence-corrected chi connectivity index (χ4v) is 3.63. The van der Waals surface area contributed by atoms with Gasteiger partial charge in [-0.05, 0) is 38.8 Å². The molecule has 2 aliphatic rings. The summed E-state index contributed by atoms with van der Waals surface area (Å²) in [6.45, 7) is 6.03. The number of ether oxygens (including phenoxy) is 1. The highest BCUT2D eigenvalue weighted by molar-refractivity contribution is 5.91. The summed E-state index contributed by atoms with van der Waals surface area (Å²) in [5, 5.41) is 7.80. The van der Waals surface area contributed by atoms with Crippen molar-refractivity contribution in [1.82, 2.24) is 14.7 Å². The molecule has 2 atom stereocenters. The average molecular weight is 354 g/mol. The van der Waals surface area contributed by atoms with Crippen LogP contribution in [0.1, 0.15) is 38.3 Å². The number of benzene rings is 1. The SMILES string of the molecule is C[C@H]1CN(CC(=O)Nc2cc(C3CC3)nn2-c2ccccc2)C[C@H](C)O1. The predicted molar refractivity (Wildman–Crippen MR) is 101 cm³/mol. The summed E-state index contributed by atoms with van der Waals surface area (Å²) in [7, 11) is 0. The summed E-state index contributed by atoms with van der Waals surface area (Å²) in [5.41, 5.74) is 2.03. The van der Waals surface area contributed by atoms with Crippen LogP contribution in [0.4, 0.5) is 5.82 Å². The third-order valence-corrected chi connectivity index (χ3v) is 4.85. The first-order valence-electron chi connectivity index (χ1n) is 9.41. The van der Waals surface area contributed by atoms with Gasteiger partial charge in [-0.15, -0.1) is 0 Å². The van der Waals surface area contributed by atoms with Crippen LogP contribution < -0.4 is 5.32 Å². The Morgan fingerprint density at radius 2 is 1.88 bits per heavy atom. The lowest BCUT2D eigenvalue weighted by molar-refractivity contribution is -0.121. The van der Waals surface area contributed by atoms with Crippen molar-refractivity contribution in [2.75, 3.05) is 25.0 Å². The molecule has 1 aliphatic carbocycles. The molecule has 1 saturated carbocycles. The minimum atomic E-state index is -0.00859. The van der Waals surface area contributed by atoms with Crippen LogP contribution in [0.15, 0.2) is 36.4 Å². The molecule has 138 valence electrons. The van der Waals surface area contributed by atoms with Crippen molar-refractivity contribution < 1.29 is 9.53 Å². The maximum Gasteiger partial charge on any atom is 0.239 e. The normalized spacial score (nSPS) is 23.8. The molecule has 1 aromatic carbocycles. The number of carbonyl (C=O) groups is 1. The molecule has 26 heavy (non-hydrogen) atoms. The van der Waals surface area contributed by atoms with Crippen molar-refractivity contribution in [1.29, 1.82) is 0 Å². The van der Waals surface area contributed by atoms with E-state index in [4.69, 9.17) is 9.84 Å². The molecule has 6 heteroatoms. The van der Waals surface area contributed by atoms with Crippen molar-refractivity contribution in [3.8, 4) is 5.69 Å². The summed E-state index contributed by atoms with van der Waals surface area (Å²) in [6.07, 6.45) is 2.68. The molecule has 2 fully saturated rings. The van der Waals surface area contributed by atoms with Gasteiger partial charge in [0, 0.05) is 25.1 Å². The number of amides is 1. The van der Waals surface area contributed by atoms with Gasteiger partial charge in [-0.1, -0.05) is 18.2 Å². The highest BCUT2D eigenvalue weighted by Crippen LogP contribution is 2.40. The highest BCUT2D eigenvalue weighted by Gasteiger charge is 2.28. The topological polar surface area (TPSA) is 59.4 Å². The standard InChI is InChI=1S/C20H26N4O2/c1-14-11-23(12-15(2)26-14)13-20(25)21-19-10-18(16-8-9-16)22-24(19)17-6-4-3-5-7-17/h3-7,10,14-16H,8-9,11-13H2,1-2H3,(H,21,25)/t14-,15-/m0/s1.